The number of amides is 1. The molecule has 0 aliphatic carbocycles. The van der Waals surface area contributed by atoms with Crippen molar-refractivity contribution in [1.82, 2.24) is 5.16 Å². The van der Waals surface area contributed by atoms with E-state index in [1.54, 1.807) is 31.2 Å². The second-order valence-corrected chi connectivity index (χ2v) is 6.50. The highest BCUT2D eigenvalue weighted by Gasteiger charge is 2.17. The summed E-state index contributed by atoms with van der Waals surface area (Å²) in [7, 11) is -3.35. The third-order valence-corrected chi connectivity index (χ3v) is 4.20. The van der Waals surface area contributed by atoms with Crippen LogP contribution < -0.4 is 10.0 Å². The van der Waals surface area contributed by atoms with Crippen molar-refractivity contribution in [2.45, 2.75) is 13.8 Å². The summed E-state index contributed by atoms with van der Waals surface area (Å²) in [6.45, 7) is 3.15. The van der Waals surface area contributed by atoms with Gasteiger partial charge in [0.1, 0.15) is 11.4 Å². The van der Waals surface area contributed by atoms with E-state index in [0.29, 0.717) is 16.9 Å². The fourth-order valence-electron chi connectivity index (χ4n) is 1.76. The smallest absolute Gasteiger partial charge is 0.409 e. The average molecular weight is 325 g/mol. The Morgan fingerprint density at radius 3 is 2.50 bits per heavy atom. The minimum Gasteiger partial charge on any atom is -0.465 e. The zero-order chi connectivity index (χ0) is 16.3. The Morgan fingerprint density at radius 1 is 1.32 bits per heavy atom. The molecule has 0 aliphatic heterocycles. The molecule has 0 aliphatic rings. The molecule has 1 amide bonds. The van der Waals surface area contributed by atoms with Crippen molar-refractivity contribution in [1.29, 1.82) is 0 Å². The number of hydrogen-bond donors (Lipinski definition) is 3. The number of benzene rings is 1. The molecule has 0 unspecified atom stereocenters. The molecular formula is C13H15N3O5S. The van der Waals surface area contributed by atoms with Crippen molar-refractivity contribution in [2.24, 2.45) is 0 Å². The molecule has 0 atom stereocenters. The molecule has 2 aromatic rings. The first-order valence-corrected chi connectivity index (χ1v) is 8.04. The molecule has 0 saturated carbocycles. The summed E-state index contributed by atoms with van der Waals surface area (Å²) in [6.07, 6.45) is -1.22. The molecule has 1 heterocycles. The number of nitrogens with one attached hydrogen (secondary N) is 2. The summed E-state index contributed by atoms with van der Waals surface area (Å²) in [4.78, 5) is 10.8. The summed E-state index contributed by atoms with van der Waals surface area (Å²) < 4.78 is 30.5. The Bertz CT molecular complexity index is 781. The number of hydrogen-bond acceptors (Lipinski definition) is 5. The maximum atomic E-state index is 11.5. The maximum absolute atomic E-state index is 11.5. The maximum Gasteiger partial charge on any atom is 0.409 e. The number of carbonyl (C=O) groups is 1. The molecule has 2 rings (SSSR count). The monoisotopic (exact) mass is 325 g/mol. The van der Waals surface area contributed by atoms with E-state index in [9.17, 15) is 13.2 Å². The molecule has 1 aromatic carbocycles. The highest BCUT2D eigenvalue weighted by atomic mass is 32.2. The van der Waals surface area contributed by atoms with Gasteiger partial charge in [0.05, 0.1) is 5.75 Å². The van der Waals surface area contributed by atoms with Crippen LogP contribution >= 0.6 is 0 Å². The Hall–Kier alpha value is -2.55. The van der Waals surface area contributed by atoms with Gasteiger partial charge in [-0.25, -0.2) is 13.2 Å². The van der Waals surface area contributed by atoms with Gasteiger partial charge in [0.2, 0.25) is 10.0 Å². The molecule has 0 saturated heterocycles. The molecule has 22 heavy (non-hydrogen) atoms. The van der Waals surface area contributed by atoms with Crippen LogP contribution in [0.5, 0.6) is 0 Å². The van der Waals surface area contributed by atoms with Crippen molar-refractivity contribution >= 4 is 27.5 Å². The quantitative estimate of drug-likeness (QED) is 0.776. The van der Waals surface area contributed by atoms with Gasteiger partial charge in [-0.3, -0.25) is 10.0 Å². The molecule has 8 nitrogen and oxygen atoms in total. The topological polar surface area (TPSA) is 122 Å². The molecule has 118 valence electrons. The summed E-state index contributed by atoms with van der Waals surface area (Å²) in [5.41, 5.74) is 1.65. The van der Waals surface area contributed by atoms with Gasteiger partial charge in [-0.15, -0.1) is 0 Å². The number of rotatable bonds is 5. The first-order chi connectivity index (χ1) is 10.3. The fourth-order valence-corrected chi connectivity index (χ4v) is 2.40. The average Bonchev–Trinajstić information content (AvgIpc) is 2.80. The lowest BCUT2D eigenvalue weighted by molar-refractivity contribution is 0.209. The van der Waals surface area contributed by atoms with Crippen LogP contribution in [-0.2, 0) is 10.0 Å². The van der Waals surface area contributed by atoms with E-state index in [0.717, 1.165) is 0 Å². The van der Waals surface area contributed by atoms with Gasteiger partial charge in [0, 0.05) is 11.3 Å². The molecule has 0 fully saturated rings. The van der Waals surface area contributed by atoms with Crippen molar-refractivity contribution in [3.05, 3.63) is 30.0 Å². The lowest BCUT2D eigenvalue weighted by Gasteiger charge is -2.07. The molecule has 9 heteroatoms. The predicted octanol–water partition coefficient (Wildman–Crippen LogP) is 2.50. The Kier molecular flexibility index (Phi) is 4.36. The number of sulfonamides is 1. The van der Waals surface area contributed by atoms with E-state index >= 15 is 0 Å². The van der Waals surface area contributed by atoms with E-state index in [-0.39, 0.29) is 17.2 Å². The molecule has 3 N–H and O–H groups in total. The van der Waals surface area contributed by atoms with Crippen molar-refractivity contribution in [3.63, 3.8) is 0 Å². The summed E-state index contributed by atoms with van der Waals surface area (Å²) in [5, 5.41) is 14.8. The van der Waals surface area contributed by atoms with Gasteiger partial charge < -0.3 is 9.63 Å². The number of aryl methyl sites for hydroxylation is 1. The predicted molar refractivity (Wildman–Crippen MR) is 81.4 cm³/mol. The van der Waals surface area contributed by atoms with Crippen LogP contribution in [0.1, 0.15) is 12.6 Å². The van der Waals surface area contributed by atoms with Crippen LogP contribution in [0.15, 0.2) is 28.8 Å². The molecule has 0 spiro atoms. The van der Waals surface area contributed by atoms with E-state index in [2.05, 4.69) is 15.2 Å². The largest absolute Gasteiger partial charge is 0.465 e. The van der Waals surface area contributed by atoms with Gasteiger partial charge >= 0.3 is 6.09 Å². The lowest BCUT2D eigenvalue weighted by Crippen LogP contribution is -2.14. The van der Waals surface area contributed by atoms with Gasteiger partial charge in [-0.1, -0.05) is 5.16 Å². The molecule has 1 aromatic heterocycles. The fraction of sp³-hybridized carbons (Fsp3) is 0.231. The molecular weight excluding hydrogens is 310 g/mol. The van der Waals surface area contributed by atoms with Crippen LogP contribution in [0, 0.1) is 6.92 Å². The van der Waals surface area contributed by atoms with Crippen LogP contribution in [0.3, 0.4) is 0 Å². The van der Waals surface area contributed by atoms with E-state index in [1.807, 2.05) is 0 Å². The molecule has 0 bridgehead atoms. The van der Waals surface area contributed by atoms with Crippen LogP contribution in [0.2, 0.25) is 0 Å². The van der Waals surface area contributed by atoms with Gasteiger partial charge in [0.15, 0.2) is 5.76 Å². The third kappa shape index (κ3) is 3.55. The van der Waals surface area contributed by atoms with Gasteiger partial charge in [0.25, 0.3) is 0 Å². The second kappa shape index (κ2) is 6.06. The zero-order valence-corrected chi connectivity index (χ0v) is 12.8. The first kappa shape index (κ1) is 15.8. The van der Waals surface area contributed by atoms with E-state index in [1.165, 1.54) is 6.92 Å². The van der Waals surface area contributed by atoms with Gasteiger partial charge in [-0.05, 0) is 38.1 Å². The zero-order valence-electron chi connectivity index (χ0n) is 12.0. The van der Waals surface area contributed by atoms with Crippen molar-refractivity contribution in [2.75, 3.05) is 15.8 Å². The summed E-state index contributed by atoms with van der Waals surface area (Å²) in [5.74, 6) is 0.243. The van der Waals surface area contributed by atoms with Crippen LogP contribution in [0.4, 0.5) is 16.2 Å². The number of nitrogens with zero attached hydrogens (tertiary/aromatic N) is 1. The van der Waals surface area contributed by atoms with Crippen LogP contribution in [-0.4, -0.2) is 30.5 Å². The molecule has 0 radical (unpaired) electrons. The summed E-state index contributed by atoms with van der Waals surface area (Å²) in [6, 6.07) is 6.34. The van der Waals surface area contributed by atoms with E-state index < -0.39 is 16.1 Å². The van der Waals surface area contributed by atoms with Crippen molar-refractivity contribution in [3.8, 4) is 11.3 Å². The highest BCUT2D eigenvalue weighted by Crippen LogP contribution is 2.31. The highest BCUT2D eigenvalue weighted by molar-refractivity contribution is 7.92. The van der Waals surface area contributed by atoms with Gasteiger partial charge in [-0.2, -0.15) is 0 Å². The minimum absolute atomic E-state index is 0.0251. The van der Waals surface area contributed by atoms with E-state index in [4.69, 9.17) is 9.63 Å². The standard InChI is InChI=1S/C13H15N3O5S/c1-3-22(19,20)16-10-6-4-9(5-7-10)12-11(14-13(17)18)8(2)15-21-12/h4-7,14,16H,3H2,1-2H3,(H,17,18). The number of aromatic nitrogens is 1. The number of carboxylic acid groups (broad SMARTS) is 1. The number of anilines is 2. The SMILES string of the molecule is CCS(=O)(=O)Nc1ccc(-c2onc(C)c2NC(=O)O)cc1. The second-order valence-electron chi connectivity index (χ2n) is 4.49. The van der Waals surface area contributed by atoms with Crippen molar-refractivity contribution < 1.29 is 22.8 Å². The first-order valence-electron chi connectivity index (χ1n) is 6.39. The Balaban J connectivity index is 2.30. The Morgan fingerprint density at radius 2 is 1.95 bits per heavy atom. The summed E-state index contributed by atoms with van der Waals surface area (Å²) >= 11 is 0. The minimum atomic E-state index is -3.35. The normalized spacial score (nSPS) is 11.2. The van der Waals surface area contributed by atoms with Crippen LogP contribution in [0.25, 0.3) is 11.3 Å². The lowest BCUT2D eigenvalue weighted by atomic mass is 10.1. The Labute approximate surface area is 127 Å². The third-order valence-electron chi connectivity index (χ3n) is 2.90.